The SMILES string of the molecule is COc1ccc(OCC(O)CN(CCN(C)C)Cc2cccc(OC)c2)cc1. The Kier molecular flexibility index (Phi) is 9.07. The average Bonchev–Trinajstić information content (AvgIpc) is 2.71. The molecule has 154 valence electrons. The summed E-state index contributed by atoms with van der Waals surface area (Å²) in [6, 6.07) is 15.4. The molecule has 0 saturated heterocycles. The molecule has 1 N–H and O–H groups in total. The maximum Gasteiger partial charge on any atom is 0.119 e. The van der Waals surface area contributed by atoms with Crippen LogP contribution in [-0.4, -0.2) is 75.6 Å². The molecule has 28 heavy (non-hydrogen) atoms. The number of hydrogen-bond acceptors (Lipinski definition) is 6. The third-order valence-electron chi connectivity index (χ3n) is 4.37. The highest BCUT2D eigenvalue weighted by molar-refractivity contribution is 5.31. The van der Waals surface area contributed by atoms with Gasteiger partial charge in [-0.2, -0.15) is 0 Å². The predicted octanol–water partition coefficient (Wildman–Crippen LogP) is 2.51. The number of likely N-dealkylation sites (N-methyl/N-ethyl adjacent to an activating group) is 1. The quantitative estimate of drug-likeness (QED) is 0.603. The molecule has 2 aromatic carbocycles. The Morgan fingerprint density at radius 3 is 2.21 bits per heavy atom. The van der Waals surface area contributed by atoms with E-state index in [2.05, 4.69) is 15.9 Å². The van der Waals surface area contributed by atoms with Gasteiger partial charge in [0.15, 0.2) is 0 Å². The van der Waals surface area contributed by atoms with Crippen molar-refractivity contribution in [3.63, 3.8) is 0 Å². The molecule has 0 aliphatic carbocycles. The van der Waals surface area contributed by atoms with Crippen LogP contribution in [0.2, 0.25) is 0 Å². The van der Waals surface area contributed by atoms with Crippen LogP contribution < -0.4 is 14.2 Å². The summed E-state index contributed by atoms with van der Waals surface area (Å²) in [6.07, 6.45) is -0.588. The van der Waals surface area contributed by atoms with E-state index in [1.165, 1.54) is 0 Å². The lowest BCUT2D eigenvalue weighted by Gasteiger charge is -2.26. The average molecular weight is 389 g/mol. The fourth-order valence-electron chi connectivity index (χ4n) is 2.82. The van der Waals surface area contributed by atoms with Crippen molar-refractivity contribution in [2.45, 2.75) is 12.6 Å². The van der Waals surface area contributed by atoms with Crippen molar-refractivity contribution in [1.82, 2.24) is 9.80 Å². The Labute approximate surface area is 168 Å². The Morgan fingerprint density at radius 1 is 0.893 bits per heavy atom. The van der Waals surface area contributed by atoms with Gasteiger partial charge >= 0.3 is 0 Å². The van der Waals surface area contributed by atoms with Gasteiger partial charge in [-0.25, -0.2) is 0 Å². The van der Waals surface area contributed by atoms with E-state index < -0.39 is 6.10 Å². The molecular weight excluding hydrogens is 356 g/mol. The Morgan fingerprint density at radius 2 is 1.57 bits per heavy atom. The fourth-order valence-corrected chi connectivity index (χ4v) is 2.82. The van der Waals surface area contributed by atoms with Crippen LogP contribution >= 0.6 is 0 Å². The maximum absolute atomic E-state index is 10.5. The van der Waals surface area contributed by atoms with E-state index in [4.69, 9.17) is 14.2 Å². The van der Waals surface area contributed by atoms with E-state index in [0.717, 1.165) is 36.7 Å². The van der Waals surface area contributed by atoms with Crippen molar-refractivity contribution in [2.75, 3.05) is 54.6 Å². The highest BCUT2D eigenvalue weighted by atomic mass is 16.5. The fraction of sp³-hybridized carbons (Fsp3) is 0.455. The minimum Gasteiger partial charge on any atom is -0.497 e. The van der Waals surface area contributed by atoms with Gasteiger partial charge in [0.2, 0.25) is 0 Å². The molecule has 1 unspecified atom stereocenters. The second kappa shape index (κ2) is 11.5. The summed E-state index contributed by atoms with van der Waals surface area (Å²) in [4.78, 5) is 4.37. The molecule has 1 atom stereocenters. The van der Waals surface area contributed by atoms with Gasteiger partial charge in [-0.1, -0.05) is 12.1 Å². The third-order valence-corrected chi connectivity index (χ3v) is 4.37. The number of ether oxygens (including phenoxy) is 3. The van der Waals surface area contributed by atoms with Crippen LogP contribution in [0.3, 0.4) is 0 Å². The standard InChI is InChI=1S/C22H32N2O4/c1-23(2)12-13-24(15-18-6-5-7-22(14-18)27-4)16-19(25)17-28-21-10-8-20(26-3)9-11-21/h5-11,14,19,25H,12-13,15-17H2,1-4H3. The molecule has 0 heterocycles. The second-order valence-corrected chi connectivity index (χ2v) is 7.03. The zero-order valence-electron chi connectivity index (χ0n) is 17.3. The lowest BCUT2D eigenvalue weighted by atomic mass is 10.2. The molecule has 6 heteroatoms. The largest absolute Gasteiger partial charge is 0.497 e. The summed E-state index contributed by atoms with van der Waals surface area (Å²) >= 11 is 0. The molecule has 0 radical (unpaired) electrons. The van der Waals surface area contributed by atoms with Crippen LogP contribution in [0.5, 0.6) is 17.2 Å². The van der Waals surface area contributed by atoms with Crippen molar-refractivity contribution in [3.8, 4) is 17.2 Å². The van der Waals surface area contributed by atoms with Gasteiger partial charge in [0, 0.05) is 26.2 Å². The number of aliphatic hydroxyl groups excluding tert-OH is 1. The van der Waals surface area contributed by atoms with Crippen molar-refractivity contribution in [2.24, 2.45) is 0 Å². The van der Waals surface area contributed by atoms with E-state index in [1.807, 2.05) is 56.6 Å². The molecule has 2 rings (SSSR count). The van der Waals surface area contributed by atoms with E-state index >= 15 is 0 Å². The van der Waals surface area contributed by atoms with Crippen molar-refractivity contribution in [1.29, 1.82) is 0 Å². The van der Waals surface area contributed by atoms with Gasteiger partial charge in [-0.05, 0) is 56.1 Å². The zero-order valence-corrected chi connectivity index (χ0v) is 17.3. The summed E-state index contributed by atoms with van der Waals surface area (Å²) in [5.74, 6) is 2.34. The molecule has 0 bridgehead atoms. The first-order valence-electron chi connectivity index (χ1n) is 9.45. The Bertz CT molecular complexity index is 691. The Balaban J connectivity index is 1.91. The summed E-state index contributed by atoms with van der Waals surface area (Å²) < 4.78 is 16.2. The highest BCUT2D eigenvalue weighted by Gasteiger charge is 2.14. The molecule has 0 amide bonds. The molecular formula is C22H32N2O4. The number of benzene rings is 2. The van der Waals surface area contributed by atoms with Crippen LogP contribution in [0.4, 0.5) is 0 Å². The summed E-state index contributed by atoms with van der Waals surface area (Å²) in [6.45, 7) is 3.27. The highest BCUT2D eigenvalue weighted by Crippen LogP contribution is 2.18. The monoisotopic (exact) mass is 388 g/mol. The first-order chi connectivity index (χ1) is 13.5. The summed E-state index contributed by atoms with van der Waals surface area (Å²) in [5.41, 5.74) is 1.15. The van der Waals surface area contributed by atoms with Crippen LogP contribution in [0, 0.1) is 0 Å². The van der Waals surface area contributed by atoms with E-state index in [0.29, 0.717) is 12.3 Å². The van der Waals surface area contributed by atoms with Crippen LogP contribution in [0.1, 0.15) is 5.56 Å². The normalized spacial score (nSPS) is 12.2. The Hall–Kier alpha value is -2.28. The number of hydrogen-bond donors (Lipinski definition) is 1. The van der Waals surface area contributed by atoms with Gasteiger partial charge in [0.1, 0.15) is 30.0 Å². The third kappa shape index (κ3) is 7.76. The van der Waals surface area contributed by atoms with Gasteiger partial charge in [-0.3, -0.25) is 4.90 Å². The minimum absolute atomic E-state index is 0.239. The molecule has 0 saturated carbocycles. The van der Waals surface area contributed by atoms with Crippen molar-refractivity contribution < 1.29 is 19.3 Å². The van der Waals surface area contributed by atoms with Gasteiger partial charge in [-0.15, -0.1) is 0 Å². The van der Waals surface area contributed by atoms with Gasteiger partial charge in [0.25, 0.3) is 0 Å². The molecule has 0 spiro atoms. The van der Waals surface area contributed by atoms with E-state index in [-0.39, 0.29) is 6.61 Å². The predicted molar refractivity (Wildman–Crippen MR) is 111 cm³/mol. The summed E-state index contributed by atoms with van der Waals surface area (Å²) in [5, 5.41) is 10.5. The van der Waals surface area contributed by atoms with Gasteiger partial charge in [0.05, 0.1) is 14.2 Å². The smallest absolute Gasteiger partial charge is 0.119 e. The van der Waals surface area contributed by atoms with Crippen LogP contribution in [0.15, 0.2) is 48.5 Å². The number of aliphatic hydroxyl groups is 1. The van der Waals surface area contributed by atoms with Crippen molar-refractivity contribution in [3.05, 3.63) is 54.1 Å². The molecule has 0 aliphatic rings. The number of methoxy groups -OCH3 is 2. The number of nitrogens with zero attached hydrogens (tertiary/aromatic N) is 2. The molecule has 2 aromatic rings. The molecule has 0 fully saturated rings. The lowest BCUT2D eigenvalue weighted by molar-refractivity contribution is 0.0633. The zero-order chi connectivity index (χ0) is 20.4. The van der Waals surface area contributed by atoms with Crippen LogP contribution in [-0.2, 0) is 6.54 Å². The van der Waals surface area contributed by atoms with E-state index in [9.17, 15) is 5.11 Å². The molecule has 0 aromatic heterocycles. The molecule has 0 aliphatic heterocycles. The van der Waals surface area contributed by atoms with Crippen molar-refractivity contribution >= 4 is 0 Å². The minimum atomic E-state index is -0.588. The first kappa shape index (κ1) is 22.0. The van der Waals surface area contributed by atoms with Crippen LogP contribution in [0.25, 0.3) is 0 Å². The lowest BCUT2D eigenvalue weighted by Crippen LogP contribution is -2.38. The summed E-state index contributed by atoms with van der Waals surface area (Å²) in [7, 11) is 7.40. The maximum atomic E-state index is 10.5. The first-order valence-corrected chi connectivity index (χ1v) is 9.45. The molecule has 6 nitrogen and oxygen atoms in total. The van der Waals surface area contributed by atoms with E-state index in [1.54, 1.807) is 14.2 Å². The number of rotatable bonds is 12. The van der Waals surface area contributed by atoms with Gasteiger partial charge < -0.3 is 24.2 Å². The topological polar surface area (TPSA) is 54.4 Å². The second-order valence-electron chi connectivity index (χ2n) is 7.03.